The monoisotopic (exact) mass is 181 g/mol. The van der Waals surface area contributed by atoms with E-state index in [-0.39, 0.29) is 0 Å². The molecule has 2 aliphatic rings. The van der Waals surface area contributed by atoms with Crippen LogP contribution in [0.15, 0.2) is 0 Å². The summed E-state index contributed by atoms with van der Waals surface area (Å²) in [5, 5.41) is 0. The Balaban J connectivity index is 1.77. The van der Waals surface area contributed by atoms with Crippen molar-refractivity contribution < 1.29 is 0 Å². The third-order valence-electron chi connectivity index (χ3n) is 4.07. The Kier molecular flexibility index (Phi) is 3.26. The van der Waals surface area contributed by atoms with Crippen LogP contribution in [0.4, 0.5) is 0 Å². The molecule has 1 aliphatic carbocycles. The van der Waals surface area contributed by atoms with Crippen molar-refractivity contribution >= 4 is 0 Å². The van der Waals surface area contributed by atoms with Crippen molar-refractivity contribution in [2.75, 3.05) is 13.1 Å². The van der Waals surface area contributed by atoms with E-state index in [1.165, 1.54) is 58.0 Å². The molecule has 0 N–H and O–H groups in total. The van der Waals surface area contributed by atoms with Crippen LogP contribution in [0.5, 0.6) is 0 Å². The molecule has 0 aromatic carbocycles. The summed E-state index contributed by atoms with van der Waals surface area (Å²) in [6, 6.07) is 0.970. The van der Waals surface area contributed by atoms with E-state index in [1.54, 1.807) is 0 Å². The van der Waals surface area contributed by atoms with Gasteiger partial charge in [-0.25, -0.2) is 0 Å². The highest BCUT2D eigenvalue weighted by molar-refractivity contribution is 4.81. The summed E-state index contributed by atoms with van der Waals surface area (Å²) in [7, 11) is 0. The Hall–Kier alpha value is -0.0400. The van der Waals surface area contributed by atoms with Crippen molar-refractivity contribution in [3.63, 3.8) is 0 Å². The fourth-order valence-corrected chi connectivity index (χ4v) is 3.00. The van der Waals surface area contributed by atoms with Gasteiger partial charge in [-0.1, -0.05) is 26.2 Å². The average Bonchev–Trinajstić information content (AvgIpc) is 2.71. The van der Waals surface area contributed by atoms with Crippen LogP contribution < -0.4 is 0 Å². The Bertz CT molecular complexity index is 141. The predicted octanol–water partition coefficient (Wildman–Crippen LogP) is 3.05. The molecule has 13 heavy (non-hydrogen) atoms. The van der Waals surface area contributed by atoms with Crippen molar-refractivity contribution in [2.24, 2.45) is 5.92 Å². The van der Waals surface area contributed by atoms with Crippen LogP contribution in [-0.2, 0) is 0 Å². The van der Waals surface area contributed by atoms with Crippen LogP contribution in [0.1, 0.15) is 51.9 Å². The normalized spacial score (nSPS) is 28.4. The van der Waals surface area contributed by atoms with Crippen molar-refractivity contribution in [2.45, 2.75) is 57.9 Å². The van der Waals surface area contributed by atoms with Crippen molar-refractivity contribution in [3.05, 3.63) is 0 Å². The zero-order valence-electron chi connectivity index (χ0n) is 8.97. The third-order valence-corrected chi connectivity index (χ3v) is 4.07. The molecule has 1 saturated heterocycles. The van der Waals surface area contributed by atoms with Crippen molar-refractivity contribution in [3.8, 4) is 0 Å². The maximum Gasteiger partial charge on any atom is 0.00952 e. The molecule has 0 aromatic rings. The first-order valence-corrected chi connectivity index (χ1v) is 6.14. The lowest BCUT2D eigenvalue weighted by Crippen LogP contribution is -2.39. The van der Waals surface area contributed by atoms with Crippen LogP contribution in [0.3, 0.4) is 0 Å². The van der Waals surface area contributed by atoms with Crippen LogP contribution >= 0.6 is 0 Å². The Morgan fingerprint density at radius 3 is 2.15 bits per heavy atom. The van der Waals surface area contributed by atoms with Crippen LogP contribution in [0.2, 0.25) is 0 Å². The second-order valence-corrected chi connectivity index (χ2v) is 4.83. The van der Waals surface area contributed by atoms with E-state index < -0.39 is 0 Å². The van der Waals surface area contributed by atoms with E-state index in [0.29, 0.717) is 0 Å². The minimum atomic E-state index is 0.970. The Labute approximate surface area is 82.5 Å². The number of nitrogens with zero attached hydrogens (tertiary/aromatic N) is 1. The van der Waals surface area contributed by atoms with Gasteiger partial charge in [0.05, 0.1) is 0 Å². The quantitative estimate of drug-likeness (QED) is 0.633. The standard InChI is InChI=1S/C12H23N/c1-2-11-7-9-13(10-8-11)12-5-3-4-6-12/h11-12H,2-10H2,1H3. The Morgan fingerprint density at radius 2 is 1.62 bits per heavy atom. The fourth-order valence-electron chi connectivity index (χ4n) is 3.00. The maximum absolute atomic E-state index is 2.76. The third kappa shape index (κ3) is 2.25. The van der Waals surface area contributed by atoms with E-state index in [2.05, 4.69) is 11.8 Å². The molecule has 0 aromatic heterocycles. The maximum atomic E-state index is 2.76. The molecule has 76 valence electrons. The Morgan fingerprint density at radius 1 is 1.00 bits per heavy atom. The molecule has 0 atom stereocenters. The van der Waals surface area contributed by atoms with Gasteiger partial charge >= 0.3 is 0 Å². The molecule has 0 spiro atoms. The smallest absolute Gasteiger partial charge is 0.00952 e. The zero-order chi connectivity index (χ0) is 9.10. The highest BCUT2D eigenvalue weighted by atomic mass is 15.2. The lowest BCUT2D eigenvalue weighted by Gasteiger charge is -2.35. The summed E-state index contributed by atoms with van der Waals surface area (Å²) in [4.78, 5) is 2.76. The molecule has 0 radical (unpaired) electrons. The number of likely N-dealkylation sites (tertiary alicyclic amines) is 1. The molecular formula is C12H23N. The van der Waals surface area contributed by atoms with Crippen LogP contribution in [-0.4, -0.2) is 24.0 Å². The largest absolute Gasteiger partial charge is 0.300 e. The first-order valence-electron chi connectivity index (χ1n) is 6.14. The lowest BCUT2D eigenvalue weighted by atomic mass is 9.93. The van der Waals surface area contributed by atoms with E-state index >= 15 is 0 Å². The molecule has 1 aliphatic heterocycles. The van der Waals surface area contributed by atoms with Crippen molar-refractivity contribution in [1.29, 1.82) is 0 Å². The number of hydrogen-bond donors (Lipinski definition) is 0. The molecule has 1 saturated carbocycles. The highest BCUT2D eigenvalue weighted by Crippen LogP contribution is 2.28. The van der Waals surface area contributed by atoms with E-state index in [0.717, 1.165) is 12.0 Å². The van der Waals surface area contributed by atoms with Gasteiger partial charge in [0.15, 0.2) is 0 Å². The van der Waals surface area contributed by atoms with Gasteiger partial charge in [-0.2, -0.15) is 0 Å². The van der Waals surface area contributed by atoms with E-state index in [9.17, 15) is 0 Å². The lowest BCUT2D eigenvalue weighted by molar-refractivity contribution is 0.133. The highest BCUT2D eigenvalue weighted by Gasteiger charge is 2.26. The molecule has 1 heteroatoms. The number of piperidine rings is 1. The average molecular weight is 181 g/mol. The fraction of sp³-hybridized carbons (Fsp3) is 1.00. The van der Waals surface area contributed by atoms with Gasteiger partial charge < -0.3 is 4.90 Å². The summed E-state index contributed by atoms with van der Waals surface area (Å²) in [5.74, 6) is 1.04. The molecule has 0 bridgehead atoms. The van der Waals surface area contributed by atoms with Gasteiger partial charge in [-0.3, -0.25) is 0 Å². The molecule has 2 rings (SSSR count). The SMILES string of the molecule is CCC1CCN(C2CCCC2)CC1. The molecule has 1 nitrogen and oxygen atoms in total. The van der Waals surface area contributed by atoms with Gasteiger partial charge in [0.1, 0.15) is 0 Å². The zero-order valence-corrected chi connectivity index (χ0v) is 8.97. The van der Waals surface area contributed by atoms with Gasteiger partial charge in [0.25, 0.3) is 0 Å². The summed E-state index contributed by atoms with van der Waals surface area (Å²) < 4.78 is 0. The van der Waals surface area contributed by atoms with Gasteiger partial charge in [0.2, 0.25) is 0 Å². The molecule has 1 heterocycles. The predicted molar refractivity (Wildman–Crippen MR) is 56.8 cm³/mol. The number of rotatable bonds is 2. The first-order chi connectivity index (χ1) is 6.40. The minimum Gasteiger partial charge on any atom is -0.300 e. The molecule has 0 unspecified atom stereocenters. The summed E-state index contributed by atoms with van der Waals surface area (Å²) >= 11 is 0. The summed E-state index contributed by atoms with van der Waals surface area (Å²) in [5.41, 5.74) is 0. The minimum absolute atomic E-state index is 0.970. The van der Waals surface area contributed by atoms with Crippen LogP contribution in [0.25, 0.3) is 0 Å². The van der Waals surface area contributed by atoms with Gasteiger partial charge in [-0.15, -0.1) is 0 Å². The topological polar surface area (TPSA) is 3.24 Å². The number of hydrogen-bond acceptors (Lipinski definition) is 1. The van der Waals surface area contributed by atoms with Gasteiger partial charge in [-0.05, 0) is 44.7 Å². The molecule has 2 fully saturated rings. The van der Waals surface area contributed by atoms with E-state index in [1.807, 2.05) is 0 Å². The first kappa shape index (κ1) is 9.51. The molecule has 0 amide bonds. The second kappa shape index (κ2) is 4.45. The second-order valence-electron chi connectivity index (χ2n) is 4.83. The molecular weight excluding hydrogens is 158 g/mol. The van der Waals surface area contributed by atoms with Crippen LogP contribution in [0, 0.1) is 5.92 Å². The van der Waals surface area contributed by atoms with Gasteiger partial charge in [0, 0.05) is 6.04 Å². The van der Waals surface area contributed by atoms with Crippen molar-refractivity contribution in [1.82, 2.24) is 4.90 Å². The summed E-state index contributed by atoms with van der Waals surface area (Å²) in [6.07, 6.45) is 10.3. The van der Waals surface area contributed by atoms with E-state index in [4.69, 9.17) is 0 Å². The summed E-state index contributed by atoms with van der Waals surface area (Å²) in [6.45, 7) is 5.13.